The van der Waals surface area contributed by atoms with Crippen molar-refractivity contribution in [2.75, 3.05) is 6.54 Å². The Balaban J connectivity index is 3.71. The van der Waals surface area contributed by atoms with Crippen molar-refractivity contribution in [3.05, 3.63) is 0 Å². The van der Waals surface area contributed by atoms with Crippen molar-refractivity contribution < 1.29 is 4.79 Å². The normalized spacial score (nSPS) is 13.3. The van der Waals surface area contributed by atoms with Crippen LogP contribution in [0.5, 0.6) is 0 Å². The van der Waals surface area contributed by atoms with Crippen LogP contribution in [0.1, 0.15) is 20.8 Å². The summed E-state index contributed by atoms with van der Waals surface area (Å²) in [6.07, 6.45) is 0. The number of hydrogen-bond acceptors (Lipinski definition) is 2. The van der Waals surface area contributed by atoms with Crippen molar-refractivity contribution in [1.29, 1.82) is 0 Å². The van der Waals surface area contributed by atoms with Gasteiger partial charge >= 0.3 is 0 Å². The van der Waals surface area contributed by atoms with Crippen LogP contribution in [0, 0.1) is 5.92 Å². The first-order chi connectivity index (χ1) is 4.59. The number of carbonyl (C=O) groups excluding carboxylic acids is 1. The van der Waals surface area contributed by atoms with Gasteiger partial charge in [-0.05, 0) is 12.8 Å². The molecule has 1 N–H and O–H groups in total. The lowest BCUT2D eigenvalue weighted by Crippen LogP contribution is -2.34. The van der Waals surface area contributed by atoms with Crippen molar-refractivity contribution in [3.63, 3.8) is 0 Å². The zero-order valence-corrected chi connectivity index (χ0v) is 7.61. The molecule has 0 radical (unpaired) electrons. The van der Waals surface area contributed by atoms with Crippen LogP contribution in [0.25, 0.3) is 0 Å². The fraction of sp³-hybridized carbons (Fsp3) is 0.857. The van der Waals surface area contributed by atoms with Crippen LogP contribution >= 0.6 is 12.6 Å². The minimum Gasteiger partial charge on any atom is -0.355 e. The number of rotatable bonds is 3. The molecule has 0 saturated heterocycles. The summed E-state index contributed by atoms with van der Waals surface area (Å²) in [6, 6.07) is 0. The highest BCUT2D eigenvalue weighted by atomic mass is 32.1. The van der Waals surface area contributed by atoms with E-state index in [-0.39, 0.29) is 11.2 Å². The molecule has 0 heterocycles. The van der Waals surface area contributed by atoms with Crippen LogP contribution in [-0.2, 0) is 4.79 Å². The average Bonchev–Trinajstić information content (AvgIpc) is 1.87. The van der Waals surface area contributed by atoms with E-state index in [1.807, 2.05) is 20.8 Å². The lowest BCUT2D eigenvalue weighted by Gasteiger charge is -2.12. The molecule has 0 aromatic rings. The van der Waals surface area contributed by atoms with Gasteiger partial charge in [0.15, 0.2) is 0 Å². The SMILES string of the molecule is CCNC(=O)C(S)C(C)C. The van der Waals surface area contributed by atoms with Crippen molar-refractivity contribution in [2.24, 2.45) is 5.92 Å². The predicted molar refractivity (Wildman–Crippen MR) is 46.3 cm³/mol. The van der Waals surface area contributed by atoms with Crippen LogP contribution < -0.4 is 5.32 Å². The molecule has 3 heteroatoms. The number of carbonyl (C=O) groups is 1. The maximum Gasteiger partial charge on any atom is 0.233 e. The fourth-order valence-electron chi connectivity index (χ4n) is 0.582. The summed E-state index contributed by atoms with van der Waals surface area (Å²) < 4.78 is 0. The first-order valence-corrected chi connectivity index (χ1v) is 4.07. The Morgan fingerprint density at radius 2 is 2.10 bits per heavy atom. The molecule has 10 heavy (non-hydrogen) atoms. The third kappa shape index (κ3) is 3.11. The van der Waals surface area contributed by atoms with Gasteiger partial charge in [0.1, 0.15) is 0 Å². The topological polar surface area (TPSA) is 29.1 Å². The minimum absolute atomic E-state index is 0.0285. The molecular weight excluding hydrogens is 146 g/mol. The first kappa shape index (κ1) is 9.82. The molecule has 0 aliphatic heterocycles. The highest BCUT2D eigenvalue weighted by molar-refractivity contribution is 7.81. The summed E-state index contributed by atoms with van der Waals surface area (Å²) in [5.41, 5.74) is 0. The molecule has 0 bridgehead atoms. The standard InChI is InChI=1S/C7H15NOS/c1-4-8-7(9)6(10)5(2)3/h5-6,10H,4H2,1-3H3,(H,8,9). The van der Waals surface area contributed by atoms with Crippen LogP contribution in [0.15, 0.2) is 0 Å². The van der Waals surface area contributed by atoms with E-state index in [1.165, 1.54) is 0 Å². The summed E-state index contributed by atoms with van der Waals surface area (Å²) in [6.45, 7) is 6.54. The smallest absolute Gasteiger partial charge is 0.233 e. The summed E-state index contributed by atoms with van der Waals surface area (Å²) >= 11 is 4.14. The van der Waals surface area contributed by atoms with Gasteiger partial charge in [-0.3, -0.25) is 4.79 Å². The van der Waals surface area contributed by atoms with Gasteiger partial charge < -0.3 is 5.32 Å². The molecule has 1 atom stereocenters. The quantitative estimate of drug-likeness (QED) is 0.596. The maximum atomic E-state index is 11.0. The van der Waals surface area contributed by atoms with E-state index in [2.05, 4.69) is 17.9 Å². The van der Waals surface area contributed by atoms with Crippen molar-refractivity contribution in [3.8, 4) is 0 Å². The molecule has 0 aromatic carbocycles. The molecule has 0 saturated carbocycles. The molecule has 0 spiro atoms. The number of nitrogens with one attached hydrogen (secondary N) is 1. The monoisotopic (exact) mass is 161 g/mol. The molecule has 1 amide bonds. The third-order valence-corrected chi connectivity index (χ3v) is 2.08. The van der Waals surface area contributed by atoms with Gasteiger partial charge in [-0.2, -0.15) is 12.6 Å². The first-order valence-electron chi connectivity index (χ1n) is 3.55. The lowest BCUT2D eigenvalue weighted by atomic mass is 10.1. The Bertz CT molecular complexity index is 114. The van der Waals surface area contributed by atoms with Crippen molar-refractivity contribution in [2.45, 2.75) is 26.0 Å². The summed E-state index contributed by atoms with van der Waals surface area (Å²) in [4.78, 5) is 11.0. The van der Waals surface area contributed by atoms with E-state index in [4.69, 9.17) is 0 Å². The van der Waals surface area contributed by atoms with Gasteiger partial charge in [0.25, 0.3) is 0 Å². The van der Waals surface area contributed by atoms with E-state index in [1.54, 1.807) is 0 Å². The fourth-order valence-corrected chi connectivity index (χ4v) is 0.673. The number of thiol groups is 1. The maximum absolute atomic E-state index is 11.0. The zero-order valence-electron chi connectivity index (χ0n) is 6.72. The number of amides is 1. The second-order valence-corrected chi connectivity index (χ2v) is 3.14. The average molecular weight is 161 g/mol. The second-order valence-electron chi connectivity index (χ2n) is 2.58. The van der Waals surface area contributed by atoms with E-state index >= 15 is 0 Å². The summed E-state index contributed by atoms with van der Waals surface area (Å²) in [5.74, 6) is 0.329. The van der Waals surface area contributed by atoms with Crippen molar-refractivity contribution >= 4 is 18.5 Å². The van der Waals surface area contributed by atoms with Crippen LogP contribution in [-0.4, -0.2) is 17.7 Å². The summed E-state index contributed by atoms with van der Waals surface area (Å²) in [5, 5.41) is 2.54. The predicted octanol–water partition coefficient (Wildman–Crippen LogP) is 1.08. The third-order valence-electron chi connectivity index (χ3n) is 1.25. The van der Waals surface area contributed by atoms with E-state index in [0.29, 0.717) is 12.5 Å². The van der Waals surface area contributed by atoms with Gasteiger partial charge in [0.2, 0.25) is 5.91 Å². The van der Waals surface area contributed by atoms with E-state index < -0.39 is 0 Å². The lowest BCUT2D eigenvalue weighted by molar-refractivity contribution is -0.121. The Labute approximate surface area is 67.8 Å². The molecule has 0 aliphatic rings. The number of hydrogen-bond donors (Lipinski definition) is 2. The molecule has 0 rings (SSSR count). The zero-order chi connectivity index (χ0) is 8.15. The minimum atomic E-state index is -0.167. The molecule has 60 valence electrons. The van der Waals surface area contributed by atoms with E-state index in [9.17, 15) is 4.79 Å². The van der Waals surface area contributed by atoms with Gasteiger partial charge in [-0.15, -0.1) is 0 Å². The molecule has 0 aliphatic carbocycles. The van der Waals surface area contributed by atoms with Crippen molar-refractivity contribution in [1.82, 2.24) is 5.32 Å². The summed E-state index contributed by atoms with van der Waals surface area (Å²) in [7, 11) is 0. The Hall–Kier alpha value is -0.180. The second kappa shape index (κ2) is 4.61. The van der Waals surface area contributed by atoms with E-state index in [0.717, 1.165) is 0 Å². The van der Waals surface area contributed by atoms with Gasteiger partial charge in [0, 0.05) is 6.54 Å². The Kier molecular flexibility index (Phi) is 4.52. The van der Waals surface area contributed by atoms with Crippen LogP contribution in [0.2, 0.25) is 0 Å². The Morgan fingerprint density at radius 3 is 2.40 bits per heavy atom. The molecule has 1 unspecified atom stereocenters. The van der Waals surface area contributed by atoms with Gasteiger partial charge in [-0.1, -0.05) is 13.8 Å². The molecule has 0 fully saturated rings. The van der Waals surface area contributed by atoms with Gasteiger partial charge in [0.05, 0.1) is 5.25 Å². The largest absolute Gasteiger partial charge is 0.355 e. The van der Waals surface area contributed by atoms with Gasteiger partial charge in [-0.25, -0.2) is 0 Å². The molecular formula is C7H15NOS. The molecule has 2 nitrogen and oxygen atoms in total. The Morgan fingerprint density at radius 1 is 1.60 bits per heavy atom. The molecule has 0 aromatic heterocycles. The highest BCUT2D eigenvalue weighted by Gasteiger charge is 2.15. The van der Waals surface area contributed by atoms with Crippen LogP contribution in [0.3, 0.4) is 0 Å². The highest BCUT2D eigenvalue weighted by Crippen LogP contribution is 2.07. The van der Waals surface area contributed by atoms with Crippen LogP contribution in [0.4, 0.5) is 0 Å².